The standard InChI is InChI=1S/C17H36N4O.HI/c1-4-5-14-22-15-10-20-17(18-3)19-9-6-11-21-12-7-16(2)8-13-21;/h16H,4-15H2,1-3H3,(H2,18,19,20);1H. The van der Waals surface area contributed by atoms with E-state index < -0.39 is 0 Å². The minimum Gasteiger partial charge on any atom is -0.380 e. The van der Waals surface area contributed by atoms with Crippen molar-refractivity contribution in [1.82, 2.24) is 15.5 Å². The predicted molar refractivity (Wildman–Crippen MR) is 110 cm³/mol. The average Bonchev–Trinajstić information content (AvgIpc) is 2.54. The van der Waals surface area contributed by atoms with E-state index in [1.54, 1.807) is 0 Å². The smallest absolute Gasteiger partial charge is 0.191 e. The van der Waals surface area contributed by atoms with Gasteiger partial charge in [0.1, 0.15) is 0 Å². The number of piperidine rings is 1. The average molecular weight is 440 g/mol. The zero-order valence-electron chi connectivity index (χ0n) is 15.3. The Morgan fingerprint density at radius 3 is 2.48 bits per heavy atom. The van der Waals surface area contributed by atoms with Crippen molar-refractivity contribution in [2.75, 3.05) is 53.0 Å². The van der Waals surface area contributed by atoms with Crippen molar-refractivity contribution in [1.29, 1.82) is 0 Å². The first kappa shape index (κ1) is 22.9. The number of aliphatic imine (C=N–C) groups is 1. The number of ether oxygens (including phenoxy) is 1. The third-order valence-electron chi connectivity index (χ3n) is 4.22. The molecule has 0 unspecified atom stereocenters. The number of nitrogens with zero attached hydrogens (tertiary/aromatic N) is 2. The van der Waals surface area contributed by atoms with Crippen LogP contribution in [0.2, 0.25) is 0 Å². The molecule has 6 heteroatoms. The van der Waals surface area contributed by atoms with Crippen molar-refractivity contribution in [2.45, 2.75) is 46.0 Å². The number of rotatable bonds is 10. The Bertz CT molecular complexity index is 294. The summed E-state index contributed by atoms with van der Waals surface area (Å²) in [6.07, 6.45) is 6.21. The summed E-state index contributed by atoms with van der Waals surface area (Å²) in [7, 11) is 1.82. The Labute approximate surface area is 160 Å². The fourth-order valence-electron chi connectivity index (χ4n) is 2.61. The van der Waals surface area contributed by atoms with E-state index in [0.717, 1.165) is 44.6 Å². The quantitative estimate of drug-likeness (QED) is 0.237. The summed E-state index contributed by atoms with van der Waals surface area (Å²) in [5, 5.41) is 6.67. The second kappa shape index (κ2) is 15.4. The van der Waals surface area contributed by atoms with Crippen molar-refractivity contribution >= 4 is 29.9 Å². The molecule has 0 aromatic rings. The zero-order valence-corrected chi connectivity index (χ0v) is 17.6. The van der Waals surface area contributed by atoms with Gasteiger partial charge < -0.3 is 20.3 Å². The number of nitrogens with one attached hydrogen (secondary N) is 2. The number of hydrogen-bond acceptors (Lipinski definition) is 3. The molecule has 2 N–H and O–H groups in total. The SMILES string of the molecule is CCCCOCCNC(=NC)NCCCN1CCC(C)CC1.I. The van der Waals surface area contributed by atoms with Crippen LogP contribution in [0.25, 0.3) is 0 Å². The second-order valence-electron chi connectivity index (χ2n) is 6.27. The number of unbranched alkanes of at least 4 members (excludes halogenated alkanes) is 1. The Morgan fingerprint density at radius 1 is 1.13 bits per heavy atom. The largest absolute Gasteiger partial charge is 0.380 e. The van der Waals surface area contributed by atoms with E-state index in [1.807, 2.05) is 7.05 Å². The minimum atomic E-state index is 0. The summed E-state index contributed by atoms with van der Waals surface area (Å²) in [5.74, 6) is 1.79. The highest BCUT2D eigenvalue weighted by Crippen LogP contribution is 2.15. The first-order valence-electron chi connectivity index (χ1n) is 9.00. The molecule has 0 aliphatic carbocycles. The van der Waals surface area contributed by atoms with Crippen LogP contribution in [0.5, 0.6) is 0 Å². The highest BCUT2D eigenvalue weighted by molar-refractivity contribution is 14.0. The predicted octanol–water partition coefficient (Wildman–Crippen LogP) is 2.71. The Balaban J connectivity index is 0.00000484. The molecule has 1 heterocycles. The van der Waals surface area contributed by atoms with E-state index in [9.17, 15) is 0 Å². The molecule has 1 saturated heterocycles. The maximum atomic E-state index is 5.53. The summed E-state index contributed by atoms with van der Waals surface area (Å²) in [4.78, 5) is 6.82. The maximum absolute atomic E-state index is 5.53. The first-order valence-corrected chi connectivity index (χ1v) is 9.00. The number of guanidine groups is 1. The van der Waals surface area contributed by atoms with Crippen molar-refractivity contribution in [3.63, 3.8) is 0 Å². The lowest BCUT2D eigenvalue weighted by atomic mass is 9.99. The van der Waals surface area contributed by atoms with Gasteiger partial charge in [-0.1, -0.05) is 20.3 Å². The molecule has 0 spiro atoms. The van der Waals surface area contributed by atoms with E-state index >= 15 is 0 Å². The van der Waals surface area contributed by atoms with Gasteiger partial charge in [0.25, 0.3) is 0 Å². The molecular formula is C17H37IN4O. The highest BCUT2D eigenvalue weighted by Gasteiger charge is 2.14. The van der Waals surface area contributed by atoms with Gasteiger partial charge in [0, 0.05) is 26.7 Å². The fourth-order valence-corrected chi connectivity index (χ4v) is 2.61. The summed E-state index contributed by atoms with van der Waals surface area (Å²) < 4.78 is 5.53. The topological polar surface area (TPSA) is 48.9 Å². The second-order valence-corrected chi connectivity index (χ2v) is 6.27. The van der Waals surface area contributed by atoms with E-state index in [4.69, 9.17) is 4.74 Å². The van der Waals surface area contributed by atoms with Crippen LogP contribution in [-0.4, -0.2) is 63.8 Å². The molecule has 23 heavy (non-hydrogen) atoms. The molecule has 0 aromatic heterocycles. The summed E-state index contributed by atoms with van der Waals surface area (Å²) >= 11 is 0. The van der Waals surface area contributed by atoms with Gasteiger partial charge in [0.05, 0.1) is 6.61 Å². The van der Waals surface area contributed by atoms with Crippen LogP contribution in [0.15, 0.2) is 4.99 Å². The van der Waals surface area contributed by atoms with Crippen LogP contribution in [0.3, 0.4) is 0 Å². The van der Waals surface area contributed by atoms with Gasteiger partial charge >= 0.3 is 0 Å². The van der Waals surface area contributed by atoms with Gasteiger partial charge in [0.2, 0.25) is 0 Å². The van der Waals surface area contributed by atoms with Gasteiger partial charge in [-0.25, -0.2) is 0 Å². The molecule has 0 bridgehead atoms. The summed E-state index contributed by atoms with van der Waals surface area (Å²) in [6.45, 7) is 11.7. The first-order chi connectivity index (χ1) is 10.8. The minimum absolute atomic E-state index is 0. The van der Waals surface area contributed by atoms with Crippen molar-refractivity contribution in [3.05, 3.63) is 0 Å². The summed E-state index contributed by atoms with van der Waals surface area (Å²) in [5.41, 5.74) is 0. The number of halogens is 1. The lowest BCUT2D eigenvalue weighted by molar-refractivity contribution is 0.136. The van der Waals surface area contributed by atoms with Gasteiger partial charge in [0.15, 0.2) is 5.96 Å². The molecule has 5 nitrogen and oxygen atoms in total. The Kier molecular flexibility index (Phi) is 15.4. The number of likely N-dealkylation sites (tertiary alicyclic amines) is 1. The molecule has 0 saturated carbocycles. The van der Waals surface area contributed by atoms with Gasteiger partial charge in [-0.2, -0.15) is 0 Å². The molecule has 0 radical (unpaired) electrons. The van der Waals surface area contributed by atoms with Crippen molar-refractivity contribution in [3.8, 4) is 0 Å². The van der Waals surface area contributed by atoms with Crippen LogP contribution < -0.4 is 10.6 Å². The molecule has 1 aliphatic rings. The van der Waals surface area contributed by atoms with Crippen LogP contribution in [0.4, 0.5) is 0 Å². The summed E-state index contributed by atoms with van der Waals surface area (Å²) in [6, 6.07) is 0. The molecule has 0 atom stereocenters. The molecule has 1 aliphatic heterocycles. The Morgan fingerprint density at radius 2 is 1.83 bits per heavy atom. The monoisotopic (exact) mass is 440 g/mol. The van der Waals surface area contributed by atoms with Crippen molar-refractivity contribution in [2.24, 2.45) is 10.9 Å². The molecule has 1 rings (SSSR count). The van der Waals surface area contributed by atoms with Crippen LogP contribution in [0, 0.1) is 5.92 Å². The molecule has 138 valence electrons. The molecule has 0 amide bonds. The lowest BCUT2D eigenvalue weighted by Gasteiger charge is -2.30. The van der Waals surface area contributed by atoms with E-state index in [-0.39, 0.29) is 24.0 Å². The Hall–Kier alpha value is -0.0800. The van der Waals surface area contributed by atoms with Gasteiger partial charge in [-0.3, -0.25) is 4.99 Å². The van der Waals surface area contributed by atoms with Crippen LogP contribution >= 0.6 is 24.0 Å². The lowest BCUT2D eigenvalue weighted by Crippen LogP contribution is -2.40. The maximum Gasteiger partial charge on any atom is 0.191 e. The number of hydrogen-bond donors (Lipinski definition) is 2. The van der Waals surface area contributed by atoms with E-state index in [0.29, 0.717) is 0 Å². The normalized spacial score (nSPS) is 16.9. The van der Waals surface area contributed by atoms with Gasteiger partial charge in [-0.15, -0.1) is 24.0 Å². The van der Waals surface area contributed by atoms with Crippen molar-refractivity contribution < 1.29 is 4.74 Å². The highest BCUT2D eigenvalue weighted by atomic mass is 127. The fraction of sp³-hybridized carbons (Fsp3) is 0.941. The van der Waals surface area contributed by atoms with E-state index in [1.165, 1.54) is 45.3 Å². The zero-order chi connectivity index (χ0) is 16.0. The molecule has 1 fully saturated rings. The van der Waals surface area contributed by atoms with Gasteiger partial charge in [-0.05, 0) is 51.2 Å². The van der Waals surface area contributed by atoms with E-state index in [2.05, 4.69) is 34.4 Å². The third kappa shape index (κ3) is 12.0. The van der Waals surface area contributed by atoms with Crippen LogP contribution in [-0.2, 0) is 4.74 Å². The molecule has 0 aromatic carbocycles. The van der Waals surface area contributed by atoms with Crippen LogP contribution in [0.1, 0.15) is 46.0 Å². The molecular weight excluding hydrogens is 403 g/mol. The third-order valence-corrected chi connectivity index (χ3v) is 4.22.